The molecular weight excluding hydrogens is 411 g/mol. The van der Waals surface area contributed by atoms with Crippen LogP contribution in [0.15, 0.2) is 23.0 Å². The Hall–Kier alpha value is -3.03. The van der Waals surface area contributed by atoms with Gasteiger partial charge < -0.3 is 20.1 Å². The normalized spacial score (nSPS) is 23.0. The molecule has 1 aromatic heterocycles. The number of aryl methyl sites for hydroxylation is 1. The first-order chi connectivity index (χ1) is 15.3. The number of halogens is 1. The first kappa shape index (κ1) is 19.6. The highest BCUT2D eigenvalue weighted by Crippen LogP contribution is 2.46. The summed E-state index contributed by atoms with van der Waals surface area (Å²) in [5.74, 6) is -0.995. The molecule has 1 aliphatic carbocycles. The number of nitrogens with zero attached hydrogens (tertiary/aromatic N) is 1. The molecule has 0 bridgehead atoms. The van der Waals surface area contributed by atoms with Crippen molar-refractivity contribution in [3.05, 3.63) is 67.8 Å². The smallest absolute Gasteiger partial charge is 0.343 e. The van der Waals surface area contributed by atoms with Crippen molar-refractivity contribution in [2.45, 2.75) is 57.9 Å². The van der Waals surface area contributed by atoms with Gasteiger partial charge in [-0.2, -0.15) is 0 Å². The molecule has 3 aromatic rings. The van der Waals surface area contributed by atoms with Gasteiger partial charge in [-0.05, 0) is 77.4 Å². The van der Waals surface area contributed by atoms with Gasteiger partial charge in [0, 0.05) is 17.2 Å². The van der Waals surface area contributed by atoms with Gasteiger partial charge in [-0.15, -0.1) is 0 Å². The number of hydrogen-bond donors (Lipinski definition) is 2. The summed E-state index contributed by atoms with van der Waals surface area (Å²) in [6, 6.07) is 4.97. The molecule has 3 N–H and O–H groups in total. The largest absolute Gasteiger partial charge is 0.458 e. The summed E-state index contributed by atoms with van der Waals surface area (Å²) in [6.07, 6.45) is 1.52. The molecule has 0 amide bonds. The number of fused-ring (bicyclic) bond motifs is 5. The summed E-state index contributed by atoms with van der Waals surface area (Å²) < 4.78 is 21.5. The second-order valence-corrected chi connectivity index (χ2v) is 9.12. The van der Waals surface area contributed by atoms with Crippen LogP contribution in [0.2, 0.25) is 0 Å². The number of nitrogens with two attached hydrogens (primary N) is 1. The Morgan fingerprint density at radius 3 is 2.78 bits per heavy atom. The highest BCUT2D eigenvalue weighted by atomic mass is 19.1. The molecule has 0 unspecified atom stereocenters. The van der Waals surface area contributed by atoms with Gasteiger partial charge in [0.05, 0.1) is 17.8 Å². The molecule has 32 heavy (non-hydrogen) atoms. The lowest BCUT2D eigenvalue weighted by Gasteiger charge is -2.31. The predicted molar refractivity (Wildman–Crippen MR) is 117 cm³/mol. The number of hydrogen-bond acceptors (Lipinski definition) is 5. The second-order valence-electron chi connectivity index (χ2n) is 9.12. The molecule has 2 aliphatic heterocycles. The fourth-order valence-corrected chi connectivity index (χ4v) is 5.80. The molecule has 3 aliphatic rings. The SMILES string of the molecule is CC[C@@]1(O)C(=O)OCc2c1cc1n(c2=O)Cc2c-1cc1cc(F)c(C)c3c1c2[C@@H](N)CC3. The summed E-state index contributed by atoms with van der Waals surface area (Å²) >= 11 is 0. The Morgan fingerprint density at radius 1 is 1.25 bits per heavy atom. The van der Waals surface area contributed by atoms with Crippen molar-refractivity contribution >= 4 is 16.7 Å². The monoisotopic (exact) mass is 434 g/mol. The van der Waals surface area contributed by atoms with E-state index in [-0.39, 0.29) is 30.4 Å². The van der Waals surface area contributed by atoms with Crippen LogP contribution in [0.3, 0.4) is 0 Å². The molecule has 3 heterocycles. The minimum Gasteiger partial charge on any atom is -0.458 e. The van der Waals surface area contributed by atoms with Crippen LogP contribution in [0.4, 0.5) is 4.39 Å². The number of rotatable bonds is 1. The van der Waals surface area contributed by atoms with E-state index < -0.39 is 11.6 Å². The van der Waals surface area contributed by atoms with Gasteiger partial charge >= 0.3 is 5.97 Å². The van der Waals surface area contributed by atoms with E-state index in [1.165, 1.54) is 6.07 Å². The summed E-state index contributed by atoms with van der Waals surface area (Å²) in [7, 11) is 0. The highest BCUT2D eigenvalue weighted by Gasteiger charge is 2.45. The summed E-state index contributed by atoms with van der Waals surface area (Å²) in [5.41, 5.74) is 10.0. The number of aliphatic hydroxyl groups is 1. The molecule has 164 valence electrons. The quantitative estimate of drug-likeness (QED) is 0.449. The average molecular weight is 434 g/mol. The molecule has 2 atom stereocenters. The predicted octanol–water partition coefficient (Wildman–Crippen LogP) is 3.08. The Balaban J connectivity index is 1.70. The van der Waals surface area contributed by atoms with Crippen LogP contribution >= 0.6 is 0 Å². The van der Waals surface area contributed by atoms with Crippen molar-refractivity contribution < 1.29 is 19.0 Å². The number of carbonyl (C=O) groups is 1. The minimum absolute atomic E-state index is 0.0935. The fraction of sp³-hybridized carbons (Fsp3) is 0.360. The van der Waals surface area contributed by atoms with E-state index in [9.17, 15) is 19.1 Å². The first-order valence-electron chi connectivity index (χ1n) is 11.0. The van der Waals surface area contributed by atoms with E-state index in [4.69, 9.17) is 10.5 Å². The van der Waals surface area contributed by atoms with Crippen molar-refractivity contribution in [2.24, 2.45) is 5.73 Å². The molecular formula is C25H23FN2O4. The average Bonchev–Trinajstić information content (AvgIpc) is 3.14. The van der Waals surface area contributed by atoms with E-state index >= 15 is 0 Å². The lowest BCUT2D eigenvalue weighted by molar-refractivity contribution is -0.172. The van der Waals surface area contributed by atoms with Gasteiger partial charge in [-0.3, -0.25) is 4.79 Å². The van der Waals surface area contributed by atoms with Crippen LogP contribution in [-0.2, 0) is 34.7 Å². The summed E-state index contributed by atoms with van der Waals surface area (Å²) in [5, 5.41) is 12.8. The third-order valence-corrected chi connectivity index (χ3v) is 7.61. The Bertz CT molecular complexity index is 1440. The fourth-order valence-electron chi connectivity index (χ4n) is 5.80. The molecule has 6 rings (SSSR count). The first-order valence-corrected chi connectivity index (χ1v) is 11.0. The van der Waals surface area contributed by atoms with Gasteiger partial charge in [0.25, 0.3) is 5.56 Å². The maximum absolute atomic E-state index is 14.7. The molecule has 0 fully saturated rings. The maximum atomic E-state index is 14.7. The number of carbonyl (C=O) groups excluding carboxylic acids is 1. The van der Waals surface area contributed by atoms with Crippen LogP contribution in [0.5, 0.6) is 0 Å². The molecule has 7 heteroatoms. The number of aromatic nitrogens is 1. The number of cyclic esters (lactones) is 1. The topological polar surface area (TPSA) is 94.5 Å². The van der Waals surface area contributed by atoms with E-state index in [0.29, 0.717) is 35.3 Å². The van der Waals surface area contributed by atoms with Crippen molar-refractivity contribution in [1.82, 2.24) is 4.57 Å². The molecule has 0 saturated heterocycles. The number of esters is 1. The Kier molecular flexibility index (Phi) is 3.85. The van der Waals surface area contributed by atoms with Crippen LogP contribution in [-0.4, -0.2) is 15.6 Å². The molecule has 6 nitrogen and oxygen atoms in total. The summed E-state index contributed by atoms with van der Waals surface area (Å²) in [4.78, 5) is 25.8. The van der Waals surface area contributed by atoms with Crippen molar-refractivity contribution in [2.75, 3.05) is 0 Å². The standard InChI is InChI=1S/C25H23FN2O4/c1-3-25(31)17-8-20-14-6-12-7-18(26)11(2)13-4-5-19(27)22(21(12)13)15(14)9-28(20)23(29)16(17)10-32-24(25)30/h6-8,19,31H,3-5,9-10,27H2,1-2H3/t19-,25-/m0/s1. The van der Waals surface area contributed by atoms with Crippen LogP contribution in [0.25, 0.3) is 22.0 Å². The molecule has 2 aromatic carbocycles. The van der Waals surface area contributed by atoms with E-state index in [0.717, 1.165) is 39.4 Å². The van der Waals surface area contributed by atoms with Crippen molar-refractivity contribution in [3.8, 4) is 11.3 Å². The molecule has 0 radical (unpaired) electrons. The van der Waals surface area contributed by atoms with Gasteiger partial charge in [0.15, 0.2) is 5.60 Å². The lowest BCUT2D eigenvalue weighted by atomic mass is 9.79. The van der Waals surface area contributed by atoms with E-state index in [1.54, 1.807) is 24.5 Å². The third kappa shape index (κ3) is 2.25. The molecule has 0 spiro atoms. The Morgan fingerprint density at radius 2 is 2.03 bits per heavy atom. The van der Waals surface area contributed by atoms with E-state index in [2.05, 4.69) is 0 Å². The number of pyridine rings is 1. The van der Waals surface area contributed by atoms with Gasteiger partial charge in [0.2, 0.25) is 0 Å². The summed E-state index contributed by atoms with van der Waals surface area (Å²) in [6.45, 7) is 3.67. The second kappa shape index (κ2) is 6.27. The van der Waals surface area contributed by atoms with Gasteiger partial charge in [-0.25, -0.2) is 9.18 Å². The zero-order valence-electron chi connectivity index (χ0n) is 17.9. The number of benzene rings is 2. The van der Waals surface area contributed by atoms with Crippen LogP contribution < -0.4 is 11.3 Å². The highest BCUT2D eigenvalue weighted by molar-refractivity contribution is 5.97. The van der Waals surface area contributed by atoms with Crippen LogP contribution in [0.1, 0.15) is 59.2 Å². The van der Waals surface area contributed by atoms with Gasteiger partial charge in [0.1, 0.15) is 12.4 Å². The van der Waals surface area contributed by atoms with Crippen LogP contribution in [0, 0.1) is 12.7 Å². The minimum atomic E-state index is -1.86. The van der Waals surface area contributed by atoms with Crippen molar-refractivity contribution in [3.63, 3.8) is 0 Å². The zero-order valence-corrected chi connectivity index (χ0v) is 17.9. The Labute approximate surface area is 183 Å². The van der Waals surface area contributed by atoms with Crippen molar-refractivity contribution in [1.29, 1.82) is 0 Å². The third-order valence-electron chi connectivity index (χ3n) is 7.61. The molecule has 0 saturated carbocycles. The zero-order chi connectivity index (χ0) is 22.5. The van der Waals surface area contributed by atoms with E-state index in [1.807, 2.05) is 6.07 Å². The maximum Gasteiger partial charge on any atom is 0.343 e. The van der Waals surface area contributed by atoms with Gasteiger partial charge in [-0.1, -0.05) is 6.92 Å². The lowest BCUT2D eigenvalue weighted by Crippen LogP contribution is -2.44. The number of ether oxygens (including phenoxy) is 1.